The lowest BCUT2D eigenvalue weighted by Gasteiger charge is -2.16. The number of hydrogen-bond donors (Lipinski definition) is 2. The fourth-order valence-electron chi connectivity index (χ4n) is 2.32. The molecule has 0 aliphatic heterocycles. The third-order valence-corrected chi connectivity index (χ3v) is 3.87. The number of hydrogen-bond acceptors (Lipinski definition) is 7. The van der Waals surface area contributed by atoms with Gasteiger partial charge in [-0.05, 0) is 13.8 Å². The molecule has 0 radical (unpaired) electrons. The lowest BCUT2D eigenvalue weighted by molar-refractivity contribution is -0.114. The lowest BCUT2D eigenvalue weighted by Crippen LogP contribution is -2.15. The highest BCUT2D eigenvalue weighted by molar-refractivity contribution is 5.88. The predicted octanol–water partition coefficient (Wildman–Crippen LogP) is 3.80. The summed E-state index contributed by atoms with van der Waals surface area (Å²) in [6, 6.07) is 3.07. The maximum atomic E-state index is 13.7. The van der Waals surface area contributed by atoms with Gasteiger partial charge in [-0.2, -0.15) is 8.78 Å². The van der Waals surface area contributed by atoms with Crippen LogP contribution in [0.3, 0.4) is 0 Å². The number of methoxy groups -OCH3 is 1. The van der Waals surface area contributed by atoms with Gasteiger partial charge in [0.15, 0.2) is 5.75 Å². The first-order chi connectivity index (χ1) is 13.6. The average Bonchev–Trinajstić information content (AvgIpc) is 2.61. The van der Waals surface area contributed by atoms with E-state index in [1.54, 1.807) is 14.0 Å². The molecule has 0 aromatic carbocycles. The molecule has 8 nitrogen and oxygen atoms in total. The Kier molecular flexibility index (Phi) is 7.38. The van der Waals surface area contributed by atoms with E-state index < -0.39 is 11.7 Å². The molecule has 0 bridgehead atoms. The Morgan fingerprint density at radius 1 is 1.28 bits per heavy atom. The van der Waals surface area contributed by atoms with Crippen LogP contribution in [0.25, 0.3) is 0 Å². The van der Waals surface area contributed by atoms with Gasteiger partial charge in [-0.25, -0.2) is 15.0 Å². The number of nitrogens with one attached hydrogen (secondary N) is 2. The number of pyridine rings is 1. The molecule has 10 heteroatoms. The number of anilines is 3. The summed E-state index contributed by atoms with van der Waals surface area (Å²) >= 11 is 0. The Labute approximate surface area is 168 Å². The van der Waals surface area contributed by atoms with E-state index in [0.717, 1.165) is 6.92 Å². The Morgan fingerprint density at radius 3 is 2.62 bits per heavy atom. The Bertz CT molecular complexity index is 858. The second-order valence-corrected chi connectivity index (χ2v) is 6.66. The van der Waals surface area contributed by atoms with E-state index in [-0.39, 0.29) is 23.6 Å². The van der Waals surface area contributed by atoms with Crippen molar-refractivity contribution >= 4 is 23.2 Å². The molecule has 2 aromatic heterocycles. The summed E-state index contributed by atoms with van der Waals surface area (Å²) in [6.45, 7) is 5.96. The topological polar surface area (TPSA) is 98.3 Å². The minimum atomic E-state index is -3.18. The van der Waals surface area contributed by atoms with Gasteiger partial charge in [0, 0.05) is 45.2 Å². The Morgan fingerprint density at radius 2 is 2.00 bits per heavy atom. The van der Waals surface area contributed by atoms with Gasteiger partial charge < -0.3 is 20.1 Å². The van der Waals surface area contributed by atoms with Crippen molar-refractivity contribution in [3.05, 3.63) is 29.8 Å². The molecule has 2 rings (SSSR count). The van der Waals surface area contributed by atoms with Crippen LogP contribution in [-0.2, 0) is 15.5 Å². The van der Waals surface area contributed by atoms with Gasteiger partial charge in [0.2, 0.25) is 11.7 Å². The molecule has 0 spiro atoms. The summed E-state index contributed by atoms with van der Waals surface area (Å²) < 4.78 is 38.3. The van der Waals surface area contributed by atoms with Crippen LogP contribution in [0.5, 0.6) is 5.75 Å². The minimum absolute atomic E-state index is 0.0110. The molecule has 0 saturated heterocycles. The number of ether oxygens (including phenoxy) is 2. The quantitative estimate of drug-likeness (QED) is 0.650. The molecule has 29 heavy (non-hydrogen) atoms. The van der Waals surface area contributed by atoms with Crippen LogP contribution < -0.4 is 15.4 Å². The van der Waals surface area contributed by atoms with Gasteiger partial charge in [0.25, 0.3) is 0 Å². The molecule has 1 atom stereocenters. The largest absolute Gasteiger partial charge is 0.490 e. The Hall–Kier alpha value is -2.88. The number of aromatic nitrogens is 3. The summed E-state index contributed by atoms with van der Waals surface area (Å²) in [4.78, 5) is 23.1. The molecule has 1 amide bonds. The van der Waals surface area contributed by atoms with Gasteiger partial charge in [0.1, 0.15) is 11.6 Å². The van der Waals surface area contributed by atoms with Crippen LogP contribution in [0.15, 0.2) is 18.3 Å². The zero-order valence-corrected chi connectivity index (χ0v) is 17.0. The molecule has 0 saturated carbocycles. The second kappa shape index (κ2) is 9.55. The third kappa shape index (κ3) is 6.90. The fraction of sp³-hybridized carbons (Fsp3) is 0.474. The maximum absolute atomic E-state index is 13.7. The van der Waals surface area contributed by atoms with E-state index in [1.165, 1.54) is 25.3 Å². The highest BCUT2D eigenvalue weighted by atomic mass is 19.3. The summed E-state index contributed by atoms with van der Waals surface area (Å²) in [7, 11) is 1.61. The number of carbonyl (C=O) groups is 1. The van der Waals surface area contributed by atoms with E-state index in [2.05, 4.69) is 25.6 Å². The summed E-state index contributed by atoms with van der Waals surface area (Å²) in [5, 5.41) is 5.53. The number of amides is 1. The first-order valence-corrected chi connectivity index (χ1v) is 9.02. The monoisotopic (exact) mass is 409 g/mol. The van der Waals surface area contributed by atoms with Crippen LogP contribution in [0.2, 0.25) is 0 Å². The van der Waals surface area contributed by atoms with E-state index in [1.807, 2.05) is 6.92 Å². The molecule has 2 N–H and O–H groups in total. The first-order valence-electron chi connectivity index (χ1n) is 9.02. The van der Waals surface area contributed by atoms with E-state index in [0.29, 0.717) is 30.2 Å². The molecule has 2 aromatic rings. The van der Waals surface area contributed by atoms with Gasteiger partial charge in [-0.15, -0.1) is 0 Å². The fourth-order valence-corrected chi connectivity index (χ4v) is 2.32. The highest BCUT2D eigenvalue weighted by Gasteiger charge is 2.29. The van der Waals surface area contributed by atoms with Crippen LogP contribution in [0.1, 0.15) is 38.7 Å². The summed E-state index contributed by atoms with van der Waals surface area (Å²) in [5.74, 6) is -3.24. The van der Waals surface area contributed by atoms with Crippen molar-refractivity contribution in [1.29, 1.82) is 0 Å². The van der Waals surface area contributed by atoms with Crippen molar-refractivity contribution in [2.24, 2.45) is 0 Å². The third-order valence-electron chi connectivity index (χ3n) is 3.87. The molecule has 2 heterocycles. The van der Waals surface area contributed by atoms with E-state index in [4.69, 9.17) is 9.47 Å². The normalized spacial score (nSPS) is 12.4. The SMILES string of the molecule is CO[C@@H](C)CCOc1cnc(NC(C)=O)cc1Nc1cc(C)nc(C(C)(F)F)n1. The number of carbonyl (C=O) groups excluding carboxylic acids is 1. The molecule has 158 valence electrons. The van der Waals surface area contributed by atoms with Crippen molar-refractivity contribution in [2.75, 3.05) is 24.4 Å². The second-order valence-electron chi connectivity index (χ2n) is 6.66. The Balaban J connectivity index is 2.32. The van der Waals surface area contributed by atoms with Gasteiger partial charge in [0.05, 0.1) is 24.6 Å². The molecule has 0 fully saturated rings. The first kappa shape index (κ1) is 22.4. The van der Waals surface area contributed by atoms with E-state index in [9.17, 15) is 13.6 Å². The van der Waals surface area contributed by atoms with Crippen LogP contribution in [0.4, 0.5) is 26.1 Å². The smallest absolute Gasteiger partial charge is 0.303 e. The van der Waals surface area contributed by atoms with Crippen molar-refractivity contribution in [3.8, 4) is 5.75 Å². The summed E-state index contributed by atoms with van der Waals surface area (Å²) in [5.41, 5.74) is 0.795. The average molecular weight is 409 g/mol. The van der Waals surface area contributed by atoms with Crippen molar-refractivity contribution in [3.63, 3.8) is 0 Å². The standard InChI is InChI=1S/C19H25F2N5O3/c1-11-8-17(26-18(23-11)19(4,20)21)25-14-9-16(24-13(3)27)22-10-15(14)29-7-6-12(2)28-5/h8-10,12H,6-7H2,1-5H3,(H2,22,23,24,25,26,27)/t12-/m0/s1. The number of aryl methyl sites for hydroxylation is 1. The zero-order chi connectivity index (χ0) is 21.6. The lowest BCUT2D eigenvalue weighted by atomic mass is 10.3. The number of nitrogens with zero attached hydrogens (tertiary/aromatic N) is 3. The van der Waals surface area contributed by atoms with E-state index >= 15 is 0 Å². The highest BCUT2D eigenvalue weighted by Crippen LogP contribution is 2.31. The van der Waals surface area contributed by atoms with Crippen LogP contribution in [0, 0.1) is 6.92 Å². The zero-order valence-electron chi connectivity index (χ0n) is 17.0. The maximum Gasteiger partial charge on any atom is 0.303 e. The number of rotatable bonds is 9. The number of alkyl halides is 2. The number of halogens is 2. The van der Waals surface area contributed by atoms with Crippen LogP contribution >= 0.6 is 0 Å². The molecule has 0 aliphatic carbocycles. The van der Waals surface area contributed by atoms with Crippen molar-refractivity contribution < 1.29 is 23.0 Å². The van der Waals surface area contributed by atoms with Crippen molar-refractivity contribution in [1.82, 2.24) is 15.0 Å². The van der Waals surface area contributed by atoms with Gasteiger partial charge in [-0.1, -0.05) is 0 Å². The molecular weight excluding hydrogens is 384 g/mol. The van der Waals surface area contributed by atoms with Crippen LogP contribution in [-0.4, -0.2) is 40.7 Å². The summed E-state index contributed by atoms with van der Waals surface area (Å²) in [6.07, 6.45) is 2.09. The molecular formula is C19H25F2N5O3. The molecule has 0 unspecified atom stereocenters. The minimum Gasteiger partial charge on any atom is -0.490 e. The van der Waals surface area contributed by atoms with Gasteiger partial charge >= 0.3 is 5.92 Å². The molecule has 0 aliphatic rings. The predicted molar refractivity (Wildman–Crippen MR) is 105 cm³/mol. The van der Waals surface area contributed by atoms with Gasteiger partial charge in [-0.3, -0.25) is 4.79 Å². The van der Waals surface area contributed by atoms with Crippen molar-refractivity contribution in [2.45, 2.75) is 46.1 Å².